The zero-order chi connectivity index (χ0) is 17.5. The van der Waals surface area contributed by atoms with Crippen molar-refractivity contribution in [1.82, 2.24) is 0 Å². The lowest BCUT2D eigenvalue weighted by Gasteiger charge is -2.22. The molecule has 25 heavy (non-hydrogen) atoms. The van der Waals surface area contributed by atoms with Gasteiger partial charge >= 0.3 is 0 Å². The van der Waals surface area contributed by atoms with Gasteiger partial charge in [0.1, 0.15) is 0 Å². The summed E-state index contributed by atoms with van der Waals surface area (Å²) >= 11 is 0. The first-order chi connectivity index (χ1) is 12.3. The first-order valence-corrected chi connectivity index (χ1v) is 9.86. The Bertz CT molecular complexity index is 778. The zero-order valence-corrected chi connectivity index (χ0v) is 15.2. The summed E-state index contributed by atoms with van der Waals surface area (Å²) < 4.78 is 5.63. The molecule has 0 atom stereocenters. The third kappa shape index (κ3) is 4.15. The van der Waals surface area contributed by atoms with Gasteiger partial charge in [-0.1, -0.05) is 85.8 Å². The Labute approximate surface area is 150 Å². The minimum atomic E-state index is -0.735. The molecule has 0 radical (unpaired) electrons. The molecule has 0 aliphatic rings. The van der Waals surface area contributed by atoms with Crippen LogP contribution >= 0.6 is 7.92 Å². The number of hydrogen-bond acceptors (Lipinski definition) is 2. The van der Waals surface area contributed by atoms with Crippen LogP contribution in [0.5, 0.6) is 0 Å². The standard InChI is InChI=1S/C22H22NOP/c1-2-17-24-22(23)20-15-9-10-16-21(20)25(18-11-5-3-6-12-18)19-13-7-4-8-14-19/h3-16,23H,2,17H2,1H3. The maximum atomic E-state index is 8.38. The van der Waals surface area contributed by atoms with E-state index in [2.05, 4.69) is 61.5 Å². The van der Waals surface area contributed by atoms with Crippen molar-refractivity contribution in [2.45, 2.75) is 13.3 Å². The second-order valence-corrected chi connectivity index (χ2v) is 7.89. The van der Waals surface area contributed by atoms with E-state index in [0.29, 0.717) is 6.61 Å². The second-order valence-electron chi connectivity index (χ2n) is 5.70. The van der Waals surface area contributed by atoms with Crippen molar-refractivity contribution < 1.29 is 4.74 Å². The molecule has 0 fully saturated rings. The minimum absolute atomic E-state index is 0.261. The molecule has 0 bridgehead atoms. The lowest BCUT2D eigenvalue weighted by atomic mass is 10.2. The van der Waals surface area contributed by atoms with Crippen molar-refractivity contribution >= 4 is 29.7 Å². The third-order valence-electron chi connectivity index (χ3n) is 3.87. The van der Waals surface area contributed by atoms with E-state index in [4.69, 9.17) is 10.1 Å². The third-order valence-corrected chi connectivity index (χ3v) is 6.37. The summed E-state index contributed by atoms with van der Waals surface area (Å²) in [6.45, 7) is 2.63. The van der Waals surface area contributed by atoms with E-state index in [1.165, 1.54) is 10.6 Å². The molecule has 0 aromatic heterocycles. The highest BCUT2D eigenvalue weighted by molar-refractivity contribution is 7.80. The highest BCUT2D eigenvalue weighted by Crippen LogP contribution is 2.34. The average molecular weight is 347 g/mol. The number of hydrogen-bond donors (Lipinski definition) is 1. The van der Waals surface area contributed by atoms with E-state index in [1.807, 2.05) is 30.3 Å². The van der Waals surface area contributed by atoms with Gasteiger partial charge in [-0.2, -0.15) is 0 Å². The number of benzene rings is 3. The van der Waals surface area contributed by atoms with Gasteiger partial charge in [0, 0.05) is 5.56 Å². The largest absolute Gasteiger partial charge is 0.478 e. The van der Waals surface area contributed by atoms with Crippen LogP contribution in [0.15, 0.2) is 84.9 Å². The Hall–Kier alpha value is -2.44. The summed E-state index contributed by atoms with van der Waals surface area (Å²) in [5.74, 6) is 0.261. The topological polar surface area (TPSA) is 33.1 Å². The van der Waals surface area contributed by atoms with Crippen LogP contribution in [-0.2, 0) is 4.74 Å². The summed E-state index contributed by atoms with van der Waals surface area (Å²) in [7, 11) is -0.735. The fourth-order valence-electron chi connectivity index (χ4n) is 2.72. The van der Waals surface area contributed by atoms with Gasteiger partial charge in [-0.25, -0.2) is 0 Å². The van der Waals surface area contributed by atoms with Crippen molar-refractivity contribution in [1.29, 1.82) is 5.41 Å². The van der Waals surface area contributed by atoms with E-state index in [9.17, 15) is 0 Å². The van der Waals surface area contributed by atoms with E-state index in [1.54, 1.807) is 0 Å². The van der Waals surface area contributed by atoms with E-state index in [-0.39, 0.29) is 5.90 Å². The van der Waals surface area contributed by atoms with Gasteiger partial charge in [0.2, 0.25) is 5.90 Å². The predicted molar refractivity (Wildman–Crippen MR) is 108 cm³/mol. The Balaban J connectivity index is 2.10. The molecule has 3 heteroatoms. The van der Waals surface area contributed by atoms with Gasteiger partial charge in [0.25, 0.3) is 0 Å². The van der Waals surface area contributed by atoms with Gasteiger partial charge in [-0.05, 0) is 36.3 Å². The molecule has 1 N–H and O–H groups in total. The number of rotatable bonds is 6. The molecule has 0 saturated carbocycles. The second kappa shape index (κ2) is 8.60. The summed E-state index contributed by atoms with van der Waals surface area (Å²) in [5.41, 5.74) is 0.884. The van der Waals surface area contributed by atoms with Gasteiger partial charge in [-0.3, -0.25) is 5.41 Å². The van der Waals surface area contributed by atoms with Crippen LogP contribution in [0.2, 0.25) is 0 Å². The molecule has 3 rings (SSSR count). The summed E-state index contributed by atoms with van der Waals surface area (Å²) in [6.07, 6.45) is 0.899. The summed E-state index contributed by atoms with van der Waals surface area (Å²) in [6, 6.07) is 29.2. The van der Waals surface area contributed by atoms with Crippen molar-refractivity contribution in [3.63, 3.8) is 0 Å². The minimum Gasteiger partial charge on any atom is -0.478 e. The van der Waals surface area contributed by atoms with Crippen LogP contribution in [0.3, 0.4) is 0 Å². The number of ether oxygens (including phenoxy) is 1. The molecule has 0 spiro atoms. The molecule has 0 amide bonds. The summed E-state index contributed by atoms with van der Waals surface area (Å²) in [5, 5.41) is 12.1. The average Bonchev–Trinajstić information content (AvgIpc) is 2.68. The Kier molecular flexibility index (Phi) is 5.98. The van der Waals surface area contributed by atoms with Crippen LogP contribution in [0.4, 0.5) is 0 Å². The maximum absolute atomic E-state index is 8.38. The molecule has 0 heterocycles. The van der Waals surface area contributed by atoms with Crippen LogP contribution < -0.4 is 15.9 Å². The van der Waals surface area contributed by atoms with Crippen LogP contribution in [0.25, 0.3) is 0 Å². The summed E-state index contributed by atoms with van der Waals surface area (Å²) in [4.78, 5) is 0. The van der Waals surface area contributed by atoms with Crippen molar-refractivity contribution in [2.75, 3.05) is 6.61 Å². The zero-order valence-electron chi connectivity index (χ0n) is 14.4. The van der Waals surface area contributed by atoms with E-state index in [0.717, 1.165) is 17.3 Å². The van der Waals surface area contributed by atoms with Crippen LogP contribution in [0.1, 0.15) is 18.9 Å². The fourth-order valence-corrected chi connectivity index (χ4v) is 5.17. The molecule has 0 saturated heterocycles. The van der Waals surface area contributed by atoms with Crippen LogP contribution in [-0.4, -0.2) is 12.5 Å². The fraction of sp³-hybridized carbons (Fsp3) is 0.136. The SMILES string of the molecule is CCCOC(=N)c1ccccc1P(c1ccccc1)c1ccccc1. The van der Waals surface area contributed by atoms with Crippen molar-refractivity contribution in [3.8, 4) is 0 Å². The van der Waals surface area contributed by atoms with Gasteiger partial charge < -0.3 is 4.74 Å². The molecule has 3 aromatic carbocycles. The number of nitrogens with one attached hydrogen (secondary N) is 1. The molecule has 126 valence electrons. The van der Waals surface area contributed by atoms with Gasteiger partial charge in [0.05, 0.1) is 6.61 Å². The Morgan fingerprint density at radius 1 is 0.800 bits per heavy atom. The molecule has 2 nitrogen and oxygen atoms in total. The first kappa shape index (κ1) is 17.4. The highest BCUT2D eigenvalue weighted by Gasteiger charge is 2.21. The lowest BCUT2D eigenvalue weighted by molar-refractivity contribution is 0.303. The lowest BCUT2D eigenvalue weighted by Crippen LogP contribution is -2.26. The van der Waals surface area contributed by atoms with Crippen molar-refractivity contribution in [2.24, 2.45) is 0 Å². The molecule has 0 unspecified atom stereocenters. The molecule has 0 aliphatic carbocycles. The van der Waals surface area contributed by atoms with E-state index < -0.39 is 7.92 Å². The van der Waals surface area contributed by atoms with Crippen LogP contribution in [0, 0.1) is 5.41 Å². The Morgan fingerprint density at radius 3 is 1.88 bits per heavy atom. The van der Waals surface area contributed by atoms with E-state index >= 15 is 0 Å². The predicted octanol–water partition coefficient (Wildman–Crippen LogP) is 4.20. The van der Waals surface area contributed by atoms with Gasteiger partial charge in [0.15, 0.2) is 0 Å². The quantitative estimate of drug-likeness (QED) is 0.405. The monoisotopic (exact) mass is 347 g/mol. The van der Waals surface area contributed by atoms with Gasteiger partial charge in [-0.15, -0.1) is 0 Å². The first-order valence-electron chi connectivity index (χ1n) is 8.52. The molecular weight excluding hydrogens is 325 g/mol. The molecular formula is C22H22NOP. The normalized spacial score (nSPS) is 10.6. The molecule has 0 aliphatic heterocycles. The Morgan fingerprint density at radius 2 is 1.32 bits per heavy atom. The maximum Gasteiger partial charge on any atom is 0.213 e. The smallest absolute Gasteiger partial charge is 0.213 e. The molecule has 3 aromatic rings. The van der Waals surface area contributed by atoms with Crippen molar-refractivity contribution in [3.05, 3.63) is 90.5 Å². The highest BCUT2D eigenvalue weighted by atomic mass is 31.1.